The highest BCUT2D eigenvalue weighted by atomic mass is 15.1. The predicted molar refractivity (Wildman–Crippen MR) is 95.6 cm³/mol. The zero-order chi connectivity index (χ0) is 16.4. The van der Waals surface area contributed by atoms with Crippen LogP contribution in [0.4, 0.5) is 5.95 Å². The van der Waals surface area contributed by atoms with Gasteiger partial charge in [-0.1, -0.05) is 48.5 Å². The molecule has 2 heterocycles. The fourth-order valence-electron chi connectivity index (χ4n) is 2.84. The summed E-state index contributed by atoms with van der Waals surface area (Å²) in [5.41, 5.74) is 4.35. The van der Waals surface area contributed by atoms with Gasteiger partial charge in [-0.2, -0.15) is 4.98 Å². The van der Waals surface area contributed by atoms with Crippen molar-refractivity contribution in [3.8, 4) is 11.4 Å². The first-order valence-corrected chi connectivity index (χ1v) is 7.86. The number of rotatable bonds is 4. The smallest absolute Gasteiger partial charge is 0.226 e. The lowest BCUT2D eigenvalue weighted by Crippen LogP contribution is -2.05. The van der Waals surface area contributed by atoms with Crippen molar-refractivity contribution in [1.82, 2.24) is 19.9 Å². The maximum Gasteiger partial charge on any atom is 0.226 e. The first-order chi connectivity index (χ1) is 11.8. The summed E-state index contributed by atoms with van der Waals surface area (Å²) in [7, 11) is 0. The fourth-order valence-corrected chi connectivity index (χ4v) is 2.84. The average molecular weight is 315 g/mol. The van der Waals surface area contributed by atoms with Crippen molar-refractivity contribution in [2.24, 2.45) is 0 Å². The van der Waals surface area contributed by atoms with E-state index in [0.29, 0.717) is 18.3 Å². The molecule has 2 N–H and O–H groups in total. The molecule has 0 atom stereocenters. The molecule has 0 unspecified atom stereocenters. The second kappa shape index (κ2) is 6.12. The molecule has 5 nitrogen and oxygen atoms in total. The number of anilines is 1. The Kier molecular flexibility index (Phi) is 3.67. The molecule has 5 heteroatoms. The number of hydrogen-bond acceptors (Lipinski definition) is 4. The topological polar surface area (TPSA) is 66.5 Å². The summed E-state index contributed by atoms with van der Waals surface area (Å²) in [5, 5.41) is 4.38. The van der Waals surface area contributed by atoms with Gasteiger partial charge in [-0.25, -0.2) is 9.97 Å². The maximum atomic E-state index is 4.59. The number of hydrogen-bond donors (Lipinski definition) is 2. The summed E-state index contributed by atoms with van der Waals surface area (Å²) in [5.74, 6) is 1.25. The Morgan fingerprint density at radius 2 is 1.75 bits per heavy atom. The third kappa shape index (κ3) is 2.72. The standard InChI is InChI=1S/C19H17N5/c1-13-17(15-9-5-6-10-16(15)23-13)18-21-12-22-19(24-18)20-11-14-7-3-2-4-8-14/h2-10,12,23H,11H2,1H3,(H,20,21,22,24). The van der Waals surface area contributed by atoms with Crippen LogP contribution in [0.3, 0.4) is 0 Å². The van der Waals surface area contributed by atoms with E-state index >= 15 is 0 Å². The number of benzene rings is 2. The van der Waals surface area contributed by atoms with Crippen LogP contribution < -0.4 is 5.32 Å². The SMILES string of the molecule is Cc1[nH]c2ccccc2c1-c1ncnc(NCc2ccccc2)n1. The molecule has 0 fully saturated rings. The van der Waals surface area contributed by atoms with E-state index in [1.165, 1.54) is 5.56 Å². The molecule has 0 bridgehead atoms. The number of H-pyrrole nitrogens is 1. The number of aromatic amines is 1. The van der Waals surface area contributed by atoms with Gasteiger partial charge < -0.3 is 10.3 Å². The molecule has 24 heavy (non-hydrogen) atoms. The molecular weight excluding hydrogens is 298 g/mol. The minimum absolute atomic E-state index is 0.577. The maximum absolute atomic E-state index is 4.59. The minimum atomic E-state index is 0.577. The molecule has 0 radical (unpaired) electrons. The number of nitrogens with zero attached hydrogens (tertiary/aromatic N) is 3. The predicted octanol–water partition coefficient (Wildman–Crippen LogP) is 3.94. The van der Waals surface area contributed by atoms with Gasteiger partial charge in [0.05, 0.1) is 0 Å². The van der Waals surface area contributed by atoms with E-state index in [4.69, 9.17) is 0 Å². The van der Waals surface area contributed by atoms with E-state index in [2.05, 4.69) is 49.5 Å². The molecule has 0 aliphatic heterocycles. The average Bonchev–Trinajstić information content (AvgIpc) is 2.97. The van der Waals surface area contributed by atoms with E-state index in [0.717, 1.165) is 22.2 Å². The van der Waals surface area contributed by atoms with E-state index in [1.807, 2.05) is 37.3 Å². The summed E-state index contributed by atoms with van der Waals surface area (Å²) >= 11 is 0. The van der Waals surface area contributed by atoms with Crippen molar-refractivity contribution < 1.29 is 0 Å². The highest BCUT2D eigenvalue weighted by Gasteiger charge is 2.13. The molecular formula is C19H17N5. The Morgan fingerprint density at radius 1 is 0.958 bits per heavy atom. The first kappa shape index (κ1) is 14.4. The van der Waals surface area contributed by atoms with Crippen LogP contribution in [0.15, 0.2) is 60.9 Å². The zero-order valence-electron chi connectivity index (χ0n) is 13.3. The van der Waals surface area contributed by atoms with Crippen LogP contribution in [0.5, 0.6) is 0 Å². The van der Waals surface area contributed by atoms with Gasteiger partial charge in [0, 0.05) is 28.7 Å². The Morgan fingerprint density at radius 3 is 2.62 bits per heavy atom. The van der Waals surface area contributed by atoms with Gasteiger partial charge in [-0.15, -0.1) is 0 Å². The largest absolute Gasteiger partial charge is 0.358 e. The Hall–Kier alpha value is -3.21. The summed E-state index contributed by atoms with van der Waals surface area (Å²) in [6.07, 6.45) is 1.55. The molecule has 118 valence electrons. The van der Waals surface area contributed by atoms with Gasteiger partial charge in [0.2, 0.25) is 5.95 Å². The lowest BCUT2D eigenvalue weighted by Gasteiger charge is -2.06. The van der Waals surface area contributed by atoms with Crippen molar-refractivity contribution in [2.45, 2.75) is 13.5 Å². The van der Waals surface area contributed by atoms with Crippen LogP contribution >= 0.6 is 0 Å². The lowest BCUT2D eigenvalue weighted by molar-refractivity contribution is 1.01. The summed E-state index contributed by atoms with van der Waals surface area (Å²) in [6.45, 7) is 2.72. The van der Waals surface area contributed by atoms with Crippen LogP contribution in [-0.2, 0) is 6.54 Å². The van der Waals surface area contributed by atoms with Gasteiger partial charge in [0.1, 0.15) is 6.33 Å². The summed E-state index contributed by atoms with van der Waals surface area (Å²) in [6, 6.07) is 18.4. The van der Waals surface area contributed by atoms with Crippen molar-refractivity contribution in [3.05, 3.63) is 72.2 Å². The van der Waals surface area contributed by atoms with Crippen LogP contribution in [0.2, 0.25) is 0 Å². The highest BCUT2D eigenvalue weighted by Crippen LogP contribution is 2.29. The molecule has 0 saturated carbocycles. The van der Waals surface area contributed by atoms with Crippen LogP contribution in [-0.4, -0.2) is 19.9 Å². The Bertz CT molecular complexity index is 975. The van der Waals surface area contributed by atoms with Gasteiger partial charge in [-0.05, 0) is 18.6 Å². The second-order valence-electron chi connectivity index (χ2n) is 5.64. The molecule has 0 saturated heterocycles. The molecule has 4 rings (SSSR count). The van der Waals surface area contributed by atoms with Crippen molar-refractivity contribution in [3.63, 3.8) is 0 Å². The van der Waals surface area contributed by atoms with Crippen LogP contribution in [0, 0.1) is 6.92 Å². The molecule has 0 aliphatic rings. The number of para-hydroxylation sites is 1. The number of aryl methyl sites for hydroxylation is 1. The molecule has 0 aliphatic carbocycles. The Balaban J connectivity index is 1.66. The Labute approximate surface area is 139 Å². The van der Waals surface area contributed by atoms with Crippen molar-refractivity contribution in [1.29, 1.82) is 0 Å². The van der Waals surface area contributed by atoms with Gasteiger partial charge in [0.25, 0.3) is 0 Å². The van der Waals surface area contributed by atoms with E-state index in [9.17, 15) is 0 Å². The van der Waals surface area contributed by atoms with Crippen molar-refractivity contribution in [2.75, 3.05) is 5.32 Å². The molecule has 2 aromatic carbocycles. The highest BCUT2D eigenvalue weighted by molar-refractivity contribution is 5.95. The molecule has 4 aromatic rings. The molecule has 0 spiro atoms. The lowest BCUT2D eigenvalue weighted by atomic mass is 10.1. The normalized spacial score (nSPS) is 10.9. The number of nitrogens with one attached hydrogen (secondary N) is 2. The van der Waals surface area contributed by atoms with Crippen LogP contribution in [0.25, 0.3) is 22.3 Å². The molecule has 0 amide bonds. The minimum Gasteiger partial charge on any atom is -0.358 e. The fraction of sp³-hybridized carbons (Fsp3) is 0.105. The third-order valence-electron chi connectivity index (χ3n) is 3.98. The van der Waals surface area contributed by atoms with Crippen molar-refractivity contribution >= 4 is 16.9 Å². The molecule has 2 aromatic heterocycles. The zero-order valence-corrected chi connectivity index (χ0v) is 13.3. The first-order valence-electron chi connectivity index (χ1n) is 7.86. The second-order valence-corrected chi connectivity index (χ2v) is 5.64. The summed E-state index contributed by atoms with van der Waals surface area (Å²) < 4.78 is 0. The monoisotopic (exact) mass is 315 g/mol. The van der Waals surface area contributed by atoms with Crippen LogP contribution in [0.1, 0.15) is 11.3 Å². The van der Waals surface area contributed by atoms with Gasteiger partial charge in [-0.3, -0.25) is 0 Å². The van der Waals surface area contributed by atoms with Gasteiger partial charge in [0.15, 0.2) is 5.82 Å². The third-order valence-corrected chi connectivity index (χ3v) is 3.98. The van der Waals surface area contributed by atoms with E-state index in [-0.39, 0.29) is 0 Å². The van der Waals surface area contributed by atoms with Gasteiger partial charge >= 0.3 is 0 Å². The van der Waals surface area contributed by atoms with E-state index in [1.54, 1.807) is 6.33 Å². The quantitative estimate of drug-likeness (QED) is 0.598. The number of aromatic nitrogens is 4. The van der Waals surface area contributed by atoms with E-state index < -0.39 is 0 Å². The summed E-state index contributed by atoms with van der Waals surface area (Å²) in [4.78, 5) is 16.6. The number of fused-ring (bicyclic) bond motifs is 1.